The van der Waals surface area contributed by atoms with Crippen LogP contribution < -0.4 is 5.32 Å². The van der Waals surface area contributed by atoms with Crippen LogP contribution in [0.5, 0.6) is 0 Å². The molecule has 0 bridgehead atoms. The van der Waals surface area contributed by atoms with Gasteiger partial charge in [0.1, 0.15) is 0 Å². The van der Waals surface area contributed by atoms with Crippen LogP contribution in [0.1, 0.15) is 56.0 Å². The van der Waals surface area contributed by atoms with E-state index < -0.39 is 0 Å². The first kappa shape index (κ1) is 16.2. The first-order valence-corrected chi connectivity index (χ1v) is 8.29. The monoisotopic (exact) mass is 308 g/mol. The van der Waals surface area contributed by atoms with Gasteiger partial charge in [-0.15, -0.1) is 11.6 Å². The van der Waals surface area contributed by atoms with E-state index in [1.807, 2.05) is 6.07 Å². The maximum atomic E-state index is 11.6. The number of alkyl halides is 1. The van der Waals surface area contributed by atoms with E-state index in [4.69, 9.17) is 11.6 Å². The van der Waals surface area contributed by atoms with Crippen molar-refractivity contribution in [1.29, 1.82) is 0 Å². The first-order valence-electron chi connectivity index (χ1n) is 7.85. The maximum absolute atomic E-state index is 11.6. The van der Waals surface area contributed by atoms with E-state index in [0.717, 1.165) is 36.9 Å². The third kappa shape index (κ3) is 3.70. The summed E-state index contributed by atoms with van der Waals surface area (Å²) >= 11 is 6.74. The highest BCUT2D eigenvalue weighted by Gasteiger charge is 2.23. The fourth-order valence-corrected chi connectivity index (χ4v) is 3.41. The van der Waals surface area contributed by atoms with Crippen molar-refractivity contribution >= 4 is 23.3 Å². The number of carbonyl (C=O) groups is 1. The van der Waals surface area contributed by atoms with Crippen LogP contribution in [0.4, 0.5) is 10.5 Å². The second kappa shape index (κ2) is 7.17. The maximum Gasteiger partial charge on any atom is 0.321 e. The average molecular weight is 309 g/mol. The number of nitrogens with one attached hydrogen (secondary N) is 1. The van der Waals surface area contributed by atoms with E-state index in [1.165, 1.54) is 5.56 Å². The van der Waals surface area contributed by atoms with Crippen molar-refractivity contribution in [3.8, 4) is 0 Å². The molecule has 1 aromatic rings. The molecule has 2 rings (SSSR count). The molecule has 1 heterocycles. The second-order valence-electron chi connectivity index (χ2n) is 5.94. The molecule has 0 saturated carbocycles. The fraction of sp³-hybridized carbons (Fsp3) is 0.588. The summed E-state index contributed by atoms with van der Waals surface area (Å²) < 4.78 is 0. The van der Waals surface area contributed by atoms with Gasteiger partial charge in [0, 0.05) is 19.3 Å². The zero-order valence-corrected chi connectivity index (χ0v) is 13.9. The summed E-state index contributed by atoms with van der Waals surface area (Å²) in [6.45, 7) is 5.07. The van der Waals surface area contributed by atoms with E-state index >= 15 is 0 Å². The molecule has 0 fully saturated rings. The van der Waals surface area contributed by atoms with Gasteiger partial charge in [0.15, 0.2) is 0 Å². The lowest BCUT2D eigenvalue weighted by atomic mass is 9.89. The zero-order chi connectivity index (χ0) is 15.4. The molecular formula is C17H25ClN2O. The highest BCUT2D eigenvalue weighted by molar-refractivity contribution is 6.21. The normalized spacial score (nSPS) is 15.9. The number of carbonyl (C=O) groups excluding carboxylic acids is 1. The molecule has 3 nitrogen and oxygen atoms in total. The van der Waals surface area contributed by atoms with Gasteiger partial charge in [0.2, 0.25) is 0 Å². The Morgan fingerprint density at radius 1 is 1.29 bits per heavy atom. The van der Waals surface area contributed by atoms with Crippen LogP contribution in [0, 0.1) is 5.92 Å². The highest BCUT2D eigenvalue weighted by atomic mass is 35.5. The number of hydrogen-bond donors (Lipinski definition) is 1. The number of anilines is 1. The van der Waals surface area contributed by atoms with E-state index in [1.54, 1.807) is 11.9 Å². The minimum Gasteiger partial charge on any atom is -0.323 e. The molecule has 1 N–H and O–H groups in total. The van der Waals surface area contributed by atoms with Crippen molar-refractivity contribution in [3.05, 3.63) is 29.3 Å². The van der Waals surface area contributed by atoms with Gasteiger partial charge in [-0.3, -0.25) is 0 Å². The van der Waals surface area contributed by atoms with Crippen molar-refractivity contribution < 1.29 is 4.79 Å². The quantitative estimate of drug-likeness (QED) is 0.723. The summed E-state index contributed by atoms with van der Waals surface area (Å²) in [6.07, 6.45) is 4.65. The molecule has 0 aliphatic carbocycles. The number of nitrogens with zero attached hydrogens (tertiary/aromatic N) is 1. The van der Waals surface area contributed by atoms with Crippen molar-refractivity contribution in [2.75, 3.05) is 12.4 Å². The smallest absolute Gasteiger partial charge is 0.321 e. The first-order chi connectivity index (χ1) is 10.1. The summed E-state index contributed by atoms with van der Waals surface area (Å²) in [7, 11) is 1.81. The third-order valence-electron chi connectivity index (χ3n) is 4.18. The summed E-state index contributed by atoms with van der Waals surface area (Å²) in [5.41, 5.74) is 3.23. The van der Waals surface area contributed by atoms with Crippen LogP contribution in [0.25, 0.3) is 0 Å². The van der Waals surface area contributed by atoms with E-state index in [2.05, 4.69) is 31.3 Å². The van der Waals surface area contributed by atoms with Gasteiger partial charge in [-0.1, -0.05) is 38.8 Å². The Morgan fingerprint density at radius 2 is 1.95 bits per heavy atom. The summed E-state index contributed by atoms with van der Waals surface area (Å²) in [5.74, 6) is 0.524. The number of halogens is 1. The van der Waals surface area contributed by atoms with Crippen molar-refractivity contribution in [2.45, 2.75) is 51.5 Å². The Kier molecular flexibility index (Phi) is 5.51. The molecule has 0 radical (unpaired) electrons. The Morgan fingerprint density at radius 3 is 2.57 bits per heavy atom. The molecule has 1 aromatic carbocycles. The lowest BCUT2D eigenvalue weighted by Gasteiger charge is -2.28. The molecular weight excluding hydrogens is 284 g/mol. The van der Waals surface area contributed by atoms with Gasteiger partial charge < -0.3 is 10.2 Å². The van der Waals surface area contributed by atoms with Crippen molar-refractivity contribution in [1.82, 2.24) is 4.90 Å². The van der Waals surface area contributed by atoms with Gasteiger partial charge in [0.25, 0.3) is 0 Å². The minimum absolute atomic E-state index is 0.0486. The standard InChI is InChI=1S/C17H25ClN2O/c1-4-6-12(7-5-2)16(18)13-8-9-15-14(10-13)11-20(3)17(21)19-15/h8-10,12,16H,4-7,11H2,1-3H3,(H,19,21). The number of benzene rings is 1. The van der Waals surface area contributed by atoms with Crippen molar-refractivity contribution in [3.63, 3.8) is 0 Å². The number of urea groups is 1. The van der Waals surface area contributed by atoms with Gasteiger partial charge in [-0.25, -0.2) is 4.79 Å². The molecule has 1 aliphatic rings. The summed E-state index contributed by atoms with van der Waals surface area (Å²) in [4.78, 5) is 13.3. The van der Waals surface area contributed by atoms with Crippen LogP contribution >= 0.6 is 11.6 Å². The molecule has 1 unspecified atom stereocenters. The van der Waals surface area contributed by atoms with E-state index in [-0.39, 0.29) is 11.4 Å². The Hall–Kier alpha value is -1.22. The Labute approximate surface area is 132 Å². The van der Waals surface area contributed by atoms with Gasteiger partial charge in [0.05, 0.1) is 5.38 Å². The third-order valence-corrected chi connectivity index (χ3v) is 4.78. The predicted molar refractivity (Wildman–Crippen MR) is 88.8 cm³/mol. The molecule has 2 amide bonds. The molecule has 1 atom stereocenters. The van der Waals surface area contributed by atoms with Gasteiger partial charge in [-0.2, -0.15) is 0 Å². The number of amides is 2. The fourth-order valence-electron chi connectivity index (χ4n) is 3.03. The van der Waals surface area contributed by atoms with E-state index in [9.17, 15) is 4.79 Å². The van der Waals surface area contributed by atoms with Crippen molar-refractivity contribution in [2.24, 2.45) is 5.92 Å². The van der Waals surface area contributed by atoms with Crippen LogP contribution in [0.2, 0.25) is 0 Å². The number of hydrogen-bond acceptors (Lipinski definition) is 1. The average Bonchev–Trinajstić information content (AvgIpc) is 2.47. The molecule has 21 heavy (non-hydrogen) atoms. The molecule has 1 aliphatic heterocycles. The highest BCUT2D eigenvalue weighted by Crippen LogP contribution is 2.37. The molecule has 0 aromatic heterocycles. The van der Waals surface area contributed by atoms with Gasteiger partial charge >= 0.3 is 6.03 Å². The van der Waals surface area contributed by atoms with Crippen LogP contribution in [-0.4, -0.2) is 18.0 Å². The lowest BCUT2D eigenvalue weighted by molar-refractivity contribution is 0.218. The number of rotatable bonds is 6. The summed E-state index contributed by atoms with van der Waals surface area (Å²) in [6, 6.07) is 6.15. The largest absolute Gasteiger partial charge is 0.323 e. The molecule has 0 spiro atoms. The van der Waals surface area contributed by atoms with Crippen LogP contribution in [0.15, 0.2) is 18.2 Å². The molecule has 0 saturated heterocycles. The van der Waals surface area contributed by atoms with Gasteiger partial charge in [-0.05, 0) is 36.0 Å². The topological polar surface area (TPSA) is 32.3 Å². The van der Waals surface area contributed by atoms with Crippen LogP contribution in [-0.2, 0) is 6.54 Å². The van der Waals surface area contributed by atoms with Crippen LogP contribution in [0.3, 0.4) is 0 Å². The van der Waals surface area contributed by atoms with E-state index in [0.29, 0.717) is 12.5 Å². The molecule has 4 heteroatoms. The lowest BCUT2D eigenvalue weighted by Crippen LogP contribution is -2.35. The second-order valence-corrected chi connectivity index (χ2v) is 6.41. The number of fused-ring (bicyclic) bond motifs is 1. The zero-order valence-electron chi connectivity index (χ0n) is 13.2. The molecule has 116 valence electrons. The SMILES string of the molecule is CCCC(CCC)C(Cl)c1ccc2c(c1)CN(C)C(=O)N2. The minimum atomic E-state index is -0.0486. The Balaban J connectivity index is 2.20. The Bertz CT molecular complexity index is 498. The summed E-state index contributed by atoms with van der Waals surface area (Å²) in [5, 5.41) is 2.95. The predicted octanol–water partition coefficient (Wildman–Crippen LogP) is 5.16.